The molecule has 1 aromatic carbocycles. The van der Waals surface area contributed by atoms with Gasteiger partial charge >= 0.3 is 0 Å². The first-order chi connectivity index (χ1) is 8.21. The summed E-state index contributed by atoms with van der Waals surface area (Å²) in [5.41, 5.74) is 1.44. The monoisotopic (exact) mass is 236 g/mol. The Labute approximate surface area is 100 Å². The highest BCUT2D eigenvalue weighted by molar-refractivity contribution is 5.45. The fraction of sp³-hybridized carbons (Fsp3) is 0.417. The summed E-state index contributed by atoms with van der Waals surface area (Å²) in [4.78, 5) is 0. The Morgan fingerprint density at radius 1 is 1.53 bits per heavy atom. The number of hydrogen-bond donors (Lipinski definition) is 3. The molecule has 0 saturated carbocycles. The van der Waals surface area contributed by atoms with E-state index in [1.807, 2.05) is 12.1 Å². The molecule has 92 valence electrons. The van der Waals surface area contributed by atoms with Crippen LogP contribution in [0.1, 0.15) is 11.1 Å². The lowest BCUT2D eigenvalue weighted by molar-refractivity contribution is 0.0942. The molecule has 3 N–H and O–H groups in total. The van der Waals surface area contributed by atoms with Gasteiger partial charge in [-0.1, -0.05) is 6.07 Å². The summed E-state index contributed by atoms with van der Waals surface area (Å²) in [7, 11) is 1.52. The molecule has 1 atom stereocenters. The maximum Gasteiger partial charge on any atom is 0.136 e. The largest absolute Gasteiger partial charge is 0.495 e. The van der Waals surface area contributed by atoms with E-state index in [1.54, 1.807) is 12.1 Å². The zero-order chi connectivity index (χ0) is 12.7. The van der Waals surface area contributed by atoms with Crippen molar-refractivity contribution < 1.29 is 14.9 Å². The van der Waals surface area contributed by atoms with Crippen LogP contribution in [0.3, 0.4) is 0 Å². The summed E-state index contributed by atoms with van der Waals surface area (Å²) in [6.45, 7) is 0.599. The lowest BCUT2D eigenvalue weighted by Crippen LogP contribution is -2.28. The van der Waals surface area contributed by atoms with Crippen LogP contribution in [0, 0.1) is 11.3 Å². The van der Waals surface area contributed by atoms with E-state index in [4.69, 9.17) is 20.2 Å². The number of nitrogens with zero attached hydrogens (tertiary/aromatic N) is 1. The molecule has 17 heavy (non-hydrogen) atoms. The molecule has 0 fully saturated rings. The van der Waals surface area contributed by atoms with Crippen LogP contribution in [0.4, 0.5) is 0 Å². The Morgan fingerprint density at radius 3 is 2.88 bits per heavy atom. The van der Waals surface area contributed by atoms with Crippen molar-refractivity contribution in [3.05, 3.63) is 29.3 Å². The van der Waals surface area contributed by atoms with Crippen molar-refractivity contribution in [1.82, 2.24) is 5.32 Å². The Kier molecular flexibility index (Phi) is 5.43. The van der Waals surface area contributed by atoms with E-state index in [0.29, 0.717) is 24.4 Å². The summed E-state index contributed by atoms with van der Waals surface area (Å²) in [6.07, 6.45) is -0.754. The molecule has 0 aromatic heterocycles. The number of ether oxygens (including phenoxy) is 1. The number of hydrogen-bond acceptors (Lipinski definition) is 5. The van der Waals surface area contributed by atoms with Crippen LogP contribution in [0.5, 0.6) is 5.75 Å². The SMILES string of the molecule is COc1cc(CNCC(O)CO)ccc1C#N. The highest BCUT2D eigenvalue weighted by Gasteiger charge is 2.04. The van der Waals surface area contributed by atoms with Crippen LogP contribution in [-0.4, -0.2) is 36.6 Å². The molecule has 0 aliphatic carbocycles. The Hall–Kier alpha value is -1.61. The van der Waals surface area contributed by atoms with Gasteiger partial charge in [-0.05, 0) is 17.7 Å². The highest BCUT2D eigenvalue weighted by Crippen LogP contribution is 2.18. The van der Waals surface area contributed by atoms with Crippen LogP contribution >= 0.6 is 0 Å². The zero-order valence-electron chi connectivity index (χ0n) is 9.68. The van der Waals surface area contributed by atoms with Gasteiger partial charge < -0.3 is 20.3 Å². The first kappa shape index (κ1) is 13.5. The molecule has 0 spiro atoms. The van der Waals surface area contributed by atoms with Gasteiger partial charge in [-0.15, -0.1) is 0 Å². The van der Waals surface area contributed by atoms with Crippen molar-refractivity contribution in [3.8, 4) is 11.8 Å². The molecule has 0 bridgehead atoms. The lowest BCUT2D eigenvalue weighted by atomic mass is 10.1. The van der Waals surface area contributed by atoms with Crippen molar-refractivity contribution in [2.45, 2.75) is 12.6 Å². The number of rotatable bonds is 6. The fourth-order valence-electron chi connectivity index (χ4n) is 1.39. The molecule has 0 amide bonds. The predicted octanol–water partition coefficient (Wildman–Crippen LogP) is 0.00968. The van der Waals surface area contributed by atoms with Gasteiger partial charge in [0.05, 0.1) is 25.4 Å². The Bertz CT molecular complexity index is 401. The van der Waals surface area contributed by atoms with E-state index in [9.17, 15) is 0 Å². The minimum absolute atomic E-state index is 0.260. The fourth-order valence-corrected chi connectivity index (χ4v) is 1.39. The molecule has 0 aliphatic heterocycles. The van der Waals surface area contributed by atoms with E-state index < -0.39 is 6.10 Å². The maximum atomic E-state index is 9.14. The van der Waals surface area contributed by atoms with Crippen molar-refractivity contribution in [1.29, 1.82) is 5.26 Å². The minimum atomic E-state index is -0.754. The van der Waals surface area contributed by atoms with Crippen molar-refractivity contribution >= 4 is 0 Å². The maximum absolute atomic E-state index is 9.14. The van der Waals surface area contributed by atoms with Gasteiger partial charge in [0.25, 0.3) is 0 Å². The first-order valence-electron chi connectivity index (χ1n) is 5.28. The molecule has 1 unspecified atom stereocenters. The van der Waals surface area contributed by atoms with Gasteiger partial charge in [0.1, 0.15) is 11.8 Å². The van der Waals surface area contributed by atoms with Gasteiger partial charge in [-0.3, -0.25) is 0 Å². The molecular formula is C12H16N2O3. The lowest BCUT2D eigenvalue weighted by Gasteiger charge is -2.10. The number of aliphatic hydroxyl groups is 2. The summed E-state index contributed by atoms with van der Waals surface area (Å²) in [5, 5.41) is 29.6. The number of methoxy groups -OCH3 is 1. The van der Waals surface area contributed by atoms with Gasteiger partial charge in [0, 0.05) is 13.1 Å². The smallest absolute Gasteiger partial charge is 0.136 e. The average Bonchev–Trinajstić information content (AvgIpc) is 2.38. The van der Waals surface area contributed by atoms with Crippen LogP contribution in [-0.2, 0) is 6.54 Å². The van der Waals surface area contributed by atoms with Gasteiger partial charge in [-0.25, -0.2) is 0 Å². The normalized spacial score (nSPS) is 11.9. The van der Waals surface area contributed by atoms with Crippen LogP contribution in [0.25, 0.3) is 0 Å². The molecule has 0 radical (unpaired) electrons. The standard InChI is InChI=1S/C12H16N2O3/c1-17-12-4-9(2-3-10(12)5-13)6-14-7-11(16)8-15/h2-4,11,14-16H,6-8H2,1H3. The van der Waals surface area contributed by atoms with Gasteiger partial charge in [0.2, 0.25) is 0 Å². The van der Waals surface area contributed by atoms with E-state index >= 15 is 0 Å². The molecule has 1 aromatic rings. The molecule has 5 heteroatoms. The number of benzene rings is 1. The van der Waals surface area contributed by atoms with Crippen LogP contribution in [0.2, 0.25) is 0 Å². The third kappa shape index (κ3) is 4.04. The van der Waals surface area contributed by atoms with Gasteiger partial charge in [-0.2, -0.15) is 5.26 Å². The quantitative estimate of drug-likeness (QED) is 0.648. The van der Waals surface area contributed by atoms with Crippen LogP contribution in [0.15, 0.2) is 18.2 Å². The Morgan fingerprint density at radius 2 is 2.29 bits per heavy atom. The molecular weight excluding hydrogens is 220 g/mol. The predicted molar refractivity (Wildman–Crippen MR) is 62.5 cm³/mol. The molecule has 0 aliphatic rings. The first-order valence-corrected chi connectivity index (χ1v) is 5.28. The molecule has 0 heterocycles. The second-order valence-electron chi connectivity index (χ2n) is 3.61. The Balaban J connectivity index is 2.58. The average molecular weight is 236 g/mol. The second-order valence-corrected chi connectivity index (χ2v) is 3.61. The number of nitrogens with one attached hydrogen (secondary N) is 1. The van der Waals surface area contributed by atoms with E-state index in [-0.39, 0.29) is 6.61 Å². The molecule has 1 rings (SSSR count). The number of aliphatic hydroxyl groups excluding tert-OH is 2. The van der Waals surface area contributed by atoms with Crippen molar-refractivity contribution in [2.24, 2.45) is 0 Å². The van der Waals surface area contributed by atoms with Crippen LogP contribution < -0.4 is 10.1 Å². The molecule has 5 nitrogen and oxygen atoms in total. The summed E-state index contributed by atoms with van der Waals surface area (Å²) < 4.78 is 5.09. The summed E-state index contributed by atoms with van der Waals surface area (Å²) in [6, 6.07) is 7.33. The zero-order valence-corrected chi connectivity index (χ0v) is 9.68. The summed E-state index contributed by atoms with van der Waals surface area (Å²) in [5.74, 6) is 0.537. The minimum Gasteiger partial charge on any atom is -0.495 e. The number of nitriles is 1. The van der Waals surface area contributed by atoms with E-state index in [2.05, 4.69) is 5.32 Å². The third-order valence-electron chi connectivity index (χ3n) is 2.31. The van der Waals surface area contributed by atoms with Crippen molar-refractivity contribution in [2.75, 3.05) is 20.3 Å². The van der Waals surface area contributed by atoms with E-state index in [0.717, 1.165) is 5.56 Å². The summed E-state index contributed by atoms with van der Waals surface area (Å²) >= 11 is 0. The van der Waals surface area contributed by atoms with Crippen molar-refractivity contribution in [3.63, 3.8) is 0 Å². The van der Waals surface area contributed by atoms with E-state index in [1.165, 1.54) is 7.11 Å². The third-order valence-corrected chi connectivity index (χ3v) is 2.31. The van der Waals surface area contributed by atoms with Gasteiger partial charge in [0.15, 0.2) is 0 Å². The second kappa shape index (κ2) is 6.86. The molecule has 0 saturated heterocycles. The topological polar surface area (TPSA) is 85.5 Å². The highest BCUT2D eigenvalue weighted by atomic mass is 16.5.